The Kier molecular flexibility index (Phi) is 4.15. The normalized spacial score (nSPS) is 25.4. The smallest absolute Gasteiger partial charge is 0.137 e. The van der Waals surface area contributed by atoms with Gasteiger partial charge in [-0.05, 0) is 43.5 Å². The van der Waals surface area contributed by atoms with Crippen molar-refractivity contribution >= 4 is 17.3 Å². The minimum atomic E-state index is 0.153. The van der Waals surface area contributed by atoms with Crippen LogP contribution < -0.4 is 10.1 Å². The van der Waals surface area contributed by atoms with Gasteiger partial charge in [0.1, 0.15) is 5.75 Å². The van der Waals surface area contributed by atoms with Gasteiger partial charge in [-0.25, -0.2) is 0 Å². The van der Waals surface area contributed by atoms with Crippen LogP contribution in [0.15, 0.2) is 36.4 Å². The summed E-state index contributed by atoms with van der Waals surface area (Å²) in [5, 5.41) is 4.38. The fourth-order valence-electron chi connectivity index (χ4n) is 4.00. The Bertz CT molecular complexity index is 761. The van der Waals surface area contributed by atoms with Gasteiger partial charge >= 0.3 is 0 Å². The minimum absolute atomic E-state index is 0.153. The number of methoxy groups -OCH3 is 1. The highest BCUT2D eigenvalue weighted by Gasteiger charge is 2.39. The summed E-state index contributed by atoms with van der Waals surface area (Å²) >= 11 is 6.36. The Balaban J connectivity index is 1.76. The predicted molar refractivity (Wildman–Crippen MR) is 97.0 cm³/mol. The molecule has 0 aliphatic carbocycles. The van der Waals surface area contributed by atoms with Crippen LogP contribution in [-0.4, -0.2) is 13.7 Å². The summed E-state index contributed by atoms with van der Waals surface area (Å²) in [6.07, 6.45) is 2.41. The molecule has 0 radical (unpaired) electrons. The summed E-state index contributed by atoms with van der Waals surface area (Å²) in [6, 6.07) is 12.8. The Morgan fingerprint density at radius 3 is 2.88 bits per heavy atom. The van der Waals surface area contributed by atoms with Crippen molar-refractivity contribution in [2.24, 2.45) is 5.92 Å². The first-order valence-electron chi connectivity index (χ1n) is 8.49. The number of hydrogen-bond donors (Lipinski definition) is 1. The molecule has 1 saturated heterocycles. The molecule has 4 rings (SSSR count). The molecule has 0 amide bonds. The van der Waals surface area contributed by atoms with Crippen molar-refractivity contribution in [2.75, 3.05) is 19.0 Å². The van der Waals surface area contributed by atoms with Crippen molar-refractivity contribution in [3.63, 3.8) is 0 Å². The number of ether oxygens (including phenoxy) is 2. The lowest BCUT2D eigenvalue weighted by atomic mass is 9.77. The summed E-state index contributed by atoms with van der Waals surface area (Å²) in [5.74, 6) is 1.13. The molecule has 3 nitrogen and oxygen atoms in total. The topological polar surface area (TPSA) is 30.5 Å². The first-order valence-corrected chi connectivity index (χ1v) is 8.87. The third-order valence-electron chi connectivity index (χ3n) is 5.16. The quantitative estimate of drug-likeness (QED) is 0.803. The number of aryl methyl sites for hydroxylation is 1. The molecule has 3 atom stereocenters. The predicted octanol–water partition coefficient (Wildman–Crippen LogP) is 5.29. The summed E-state index contributed by atoms with van der Waals surface area (Å²) < 4.78 is 11.5. The van der Waals surface area contributed by atoms with E-state index in [2.05, 4.69) is 36.5 Å². The van der Waals surface area contributed by atoms with Crippen LogP contribution in [0.2, 0.25) is 5.02 Å². The lowest BCUT2D eigenvalue weighted by Crippen LogP contribution is -2.36. The molecule has 0 spiro atoms. The maximum Gasteiger partial charge on any atom is 0.137 e. The molecule has 2 aliphatic heterocycles. The third kappa shape index (κ3) is 2.66. The van der Waals surface area contributed by atoms with Gasteiger partial charge in [-0.2, -0.15) is 0 Å². The standard InChI is InChI=1S/C20H22ClNO2/c1-12-5-7-17-15(10-12)20-14(4-3-9-24-20)19(22-17)13-6-8-18(23-2)16(21)11-13/h5-8,10-11,14,19-20,22H,3-4,9H2,1-2H3. The van der Waals surface area contributed by atoms with Crippen molar-refractivity contribution in [3.8, 4) is 5.75 Å². The highest BCUT2D eigenvalue weighted by atomic mass is 35.5. The van der Waals surface area contributed by atoms with E-state index in [-0.39, 0.29) is 12.1 Å². The molecule has 0 saturated carbocycles. The maximum atomic E-state index is 6.36. The van der Waals surface area contributed by atoms with Gasteiger partial charge in [0.05, 0.1) is 24.3 Å². The number of halogens is 1. The van der Waals surface area contributed by atoms with E-state index in [1.54, 1.807) is 7.11 Å². The van der Waals surface area contributed by atoms with Gasteiger partial charge in [-0.3, -0.25) is 0 Å². The molecule has 0 aromatic heterocycles. The molecule has 2 aromatic carbocycles. The molecule has 126 valence electrons. The number of rotatable bonds is 2. The van der Waals surface area contributed by atoms with Crippen LogP contribution in [0.4, 0.5) is 5.69 Å². The molecule has 2 aromatic rings. The van der Waals surface area contributed by atoms with Gasteiger partial charge in [0, 0.05) is 23.8 Å². The Morgan fingerprint density at radius 1 is 1.21 bits per heavy atom. The first kappa shape index (κ1) is 15.8. The summed E-state index contributed by atoms with van der Waals surface area (Å²) in [7, 11) is 1.64. The molecule has 24 heavy (non-hydrogen) atoms. The second-order valence-electron chi connectivity index (χ2n) is 6.70. The summed E-state index contributed by atoms with van der Waals surface area (Å²) in [4.78, 5) is 0. The lowest BCUT2D eigenvalue weighted by molar-refractivity contribution is -0.0381. The number of hydrogen-bond acceptors (Lipinski definition) is 3. The highest BCUT2D eigenvalue weighted by Crippen LogP contribution is 2.49. The van der Waals surface area contributed by atoms with Gasteiger partial charge in [-0.15, -0.1) is 0 Å². The summed E-state index contributed by atoms with van der Waals surface area (Å²) in [5.41, 5.74) is 4.91. The van der Waals surface area contributed by atoms with Crippen molar-refractivity contribution < 1.29 is 9.47 Å². The molecule has 1 fully saturated rings. The second-order valence-corrected chi connectivity index (χ2v) is 7.11. The van der Waals surface area contributed by atoms with E-state index >= 15 is 0 Å². The highest BCUT2D eigenvalue weighted by molar-refractivity contribution is 6.32. The molecule has 2 heterocycles. The van der Waals surface area contributed by atoms with E-state index < -0.39 is 0 Å². The average molecular weight is 344 g/mol. The van der Waals surface area contributed by atoms with E-state index in [1.807, 2.05) is 12.1 Å². The van der Waals surface area contributed by atoms with Crippen LogP contribution in [-0.2, 0) is 4.74 Å². The molecule has 2 aliphatic rings. The van der Waals surface area contributed by atoms with E-state index in [0.29, 0.717) is 16.7 Å². The van der Waals surface area contributed by atoms with E-state index in [0.717, 1.165) is 19.4 Å². The van der Waals surface area contributed by atoms with E-state index in [9.17, 15) is 0 Å². The van der Waals surface area contributed by atoms with Crippen LogP contribution in [0, 0.1) is 12.8 Å². The summed E-state index contributed by atoms with van der Waals surface area (Å²) in [6.45, 7) is 2.97. The average Bonchev–Trinajstić information content (AvgIpc) is 2.61. The molecular weight excluding hydrogens is 322 g/mol. The Hall–Kier alpha value is -1.71. The van der Waals surface area contributed by atoms with Gasteiger partial charge in [-0.1, -0.05) is 35.4 Å². The largest absolute Gasteiger partial charge is 0.495 e. The van der Waals surface area contributed by atoms with Crippen molar-refractivity contribution in [1.82, 2.24) is 0 Å². The molecule has 4 heteroatoms. The van der Waals surface area contributed by atoms with Gasteiger partial charge in [0.15, 0.2) is 0 Å². The van der Waals surface area contributed by atoms with Crippen LogP contribution in [0.1, 0.15) is 41.7 Å². The van der Waals surface area contributed by atoms with Gasteiger partial charge in [0.25, 0.3) is 0 Å². The fourth-order valence-corrected chi connectivity index (χ4v) is 4.26. The van der Waals surface area contributed by atoms with E-state index in [4.69, 9.17) is 21.1 Å². The minimum Gasteiger partial charge on any atom is -0.495 e. The third-order valence-corrected chi connectivity index (χ3v) is 5.45. The van der Waals surface area contributed by atoms with Gasteiger partial charge < -0.3 is 14.8 Å². The Morgan fingerprint density at radius 2 is 2.08 bits per heavy atom. The van der Waals surface area contributed by atoms with Crippen molar-refractivity contribution in [2.45, 2.75) is 31.9 Å². The van der Waals surface area contributed by atoms with Gasteiger partial charge in [0.2, 0.25) is 0 Å². The number of anilines is 1. The molecule has 3 unspecified atom stereocenters. The fraction of sp³-hybridized carbons (Fsp3) is 0.400. The van der Waals surface area contributed by atoms with Crippen LogP contribution in [0.3, 0.4) is 0 Å². The number of fused-ring (bicyclic) bond motifs is 3. The van der Waals surface area contributed by atoms with Crippen molar-refractivity contribution in [1.29, 1.82) is 0 Å². The monoisotopic (exact) mass is 343 g/mol. The zero-order chi connectivity index (χ0) is 16.7. The lowest BCUT2D eigenvalue weighted by Gasteiger charge is -2.43. The SMILES string of the molecule is COc1ccc(C2Nc3ccc(C)cc3C3OCCCC23)cc1Cl. The zero-order valence-corrected chi connectivity index (χ0v) is 14.8. The van der Waals surface area contributed by atoms with E-state index in [1.165, 1.54) is 22.4 Å². The number of benzene rings is 2. The molecular formula is C20H22ClNO2. The zero-order valence-electron chi connectivity index (χ0n) is 14.0. The second kappa shape index (κ2) is 6.30. The van der Waals surface area contributed by atoms with Crippen molar-refractivity contribution in [3.05, 3.63) is 58.1 Å². The van der Waals surface area contributed by atoms with Crippen LogP contribution in [0.25, 0.3) is 0 Å². The first-order chi connectivity index (χ1) is 11.7. The molecule has 0 bridgehead atoms. The Labute approximate surface area is 147 Å². The van der Waals surface area contributed by atoms with Crippen LogP contribution >= 0.6 is 11.6 Å². The van der Waals surface area contributed by atoms with Crippen LogP contribution in [0.5, 0.6) is 5.75 Å². The number of nitrogens with one attached hydrogen (secondary N) is 1. The molecule has 1 N–H and O–H groups in total. The maximum absolute atomic E-state index is 6.36.